The summed E-state index contributed by atoms with van der Waals surface area (Å²) in [5.41, 5.74) is 2.27. The van der Waals surface area contributed by atoms with Crippen molar-refractivity contribution in [3.05, 3.63) is 45.4 Å². The summed E-state index contributed by atoms with van der Waals surface area (Å²) in [6, 6.07) is 8.00. The van der Waals surface area contributed by atoms with Crippen LogP contribution in [0.15, 0.2) is 29.3 Å². The van der Waals surface area contributed by atoms with Gasteiger partial charge in [-0.15, -0.1) is 35.3 Å². The number of rotatable bonds is 11. The van der Waals surface area contributed by atoms with E-state index in [4.69, 9.17) is 14.5 Å². The van der Waals surface area contributed by atoms with Gasteiger partial charge in [-0.05, 0) is 44.9 Å². The van der Waals surface area contributed by atoms with Crippen LogP contribution in [0.3, 0.4) is 0 Å². The summed E-state index contributed by atoms with van der Waals surface area (Å²) in [6.07, 6.45) is 1.89. The van der Waals surface area contributed by atoms with Gasteiger partial charge in [0.25, 0.3) is 0 Å². The van der Waals surface area contributed by atoms with E-state index in [1.54, 1.807) is 18.4 Å². The van der Waals surface area contributed by atoms with Gasteiger partial charge in [-0.3, -0.25) is 0 Å². The lowest BCUT2D eigenvalue weighted by molar-refractivity contribution is 0.145. The number of ether oxygens (including phenoxy) is 2. The van der Waals surface area contributed by atoms with E-state index in [-0.39, 0.29) is 24.0 Å². The lowest BCUT2D eigenvalue weighted by Gasteiger charge is -2.13. The van der Waals surface area contributed by atoms with E-state index >= 15 is 0 Å². The largest absolute Gasteiger partial charge is 0.497 e. The van der Waals surface area contributed by atoms with Crippen LogP contribution >= 0.6 is 35.3 Å². The topological polar surface area (TPSA) is 67.8 Å². The van der Waals surface area contributed by atoms with Gasteiger partial charge in [0.15, 0.2) is 5.96 Å². The number of thiazole rings is 1. The number of hydrogen-bond acceptors (Lipinski definition) is 5. The van der Waals surface area contributed by atoms with Gasteiger partial charge in [0.05, 0.1) is 24.4 Å². The number of nitrogens with zero attached hydrogens (tertiary/aromatic N) is 2. The first kappa shape index (κ1) is 25.6. The molecule has 0 unspecified atom stereocenters. The van der Waals surface area contributed by atoms with Crippen molar-refractivity contribution >= 4 is 41.3 Å². The van der Waals surface area contributed by atoms with E-state index in [1.807, 2.05) is 31.2 Å². The lowest BCUT2D eigenvalue weighted by Crippen LogP contribution is -2.39. The van der Waals surface area contributed by atoms with Gasteiger partial charge in [0, 0.05) is 37.6 Å². The number of benzene rings is 1. The molecular formula is C21H33IN4O2S. The molecule has 8 heteroatoms. The molecule has 0 bridgehead atoms. The quantitative estimate of drug-likeness (QED) is 0.198. The summed E-state index contributed by atoms with van der Waals surface area (Å²) in [7, 11) is 1.67. The Bertz CT molecular complexity index is 735. The third kappa shape index (κ3) is 9.77. The van der Waals surface area contributed by atoms with Crippen LogP contribution in [-0.4, -0.2) is 44.4 Å². The summed E-state index contributed by atoms with van der Waals surface area (Å²) >= 11 is 1.77. The van der Waals surface area contributed by atoms with Crippen molar-refractivity contribution in [2.75, 3.05) is 33.4 Å². The average Bonchev–Trinajstić information content (AvgIpc) is 3.02. The maximum Gasteiger partial charge on any atom is 0.191 e. The molecule has 0 saturated heterocycles. The van der Waals surface area contributed by atoms with E-state index in [9.17, 15) is 0 Å². The second kappa shape index (κ2) is 14.6. The number of aromatic nitrogens is 1. The first-order valence-electron chi connectivity index (χ1n) is 9.78. The van der Waals surface area contributed by atoms with Crippen molar-refractivity contribution in [1.29, 1.82) is 0 Å². The highest BCUT2D eigenvalue weighted by atomic mass is 127. The van der Waals surface area contributed by atoms with Gasteiger partial charge in [-0.2, -0.15) is 0 Å². The molecule has 1 heterocycles. The van der Waals surface area contributed by atoms with Gasteiger partial charge in [-0.1, -0.05) is 12.1 Å². The summed E-state index contributed by atoms with van der Waals surface area (Å²) < 4.78 is 10.6. The lowest BCUT2D eigenvalue weighted by atomic mass is 10.2. The van der Waals surface area contributed by atoms with E-state index in [0.717, 1.165) is 67.1 Å². The van der Waals surface area contributed by atoms with E-state index < -0.39 is 0 Å². The maximum absolute atomic E-state index is 5.40. The number of aryl methyl sites for hydroxylation is 2. The summed E-state index contributed by atoms with van der Waals surface area (Å²) in [6.45, 7) is 9.91. The van der Waals surface area contributed by atoms with Crippen LogP contribution in [0.4, 0.5) is 0 Å². The fourth-order valence-corrected chi connectivity index (χ4v) is 3.64. The number of aliphatic imine (C=N–C) groups is 1. The molecule has 0 aliphatic carbocycles. The van der Waals surface area contributed by atoms with Crippen LogP contribution in [0.1, 0.15) is 34.5 Å². The molecule has 0 fully saturated rings. The highest BCUT2D eigenvalue weighted by Crippen LogP contribution is 2.17. The molecule has 0 atom stereocenters. The number of guanidine groups is 1. The number of hydrogen-bond donors (Lipinski definition) is 2. The smallest absolute Gasteiger partial charge is 0.191 e. The molecule has 2 N–H and O–H groups in total. The van der Waals surface area contributed by atoms with Crippen molar-refractivity contribution in [2.45, 2.75) is 40.2 Å². The first-order valence-corrected chi connectivity index (χ1v) is 10.6. The highest BCUT2D eigenvalue weighted by Gasteiger charge is 2.05. The molecule has 29 heavy (non-hydrogen) atoms. The number of nitrogens with one attached hydrogen (secondary N) is 2. The third-order valence-electron chi connectivity index (χ3n) is 4.18. The third-order valence-corrected chi connectivity index (χ3v) is 5.32. The molecule has 0 amide bonds. The van der Waals surface area contributed by atoms with Crippen molar-refractivity contribution in [2.24, 2.45) is 4.99 Å². The number of halogens is 1. The molecule has 6 nitrogen and oxygen atoms in total. The van der Waals surface area contributed by atoms with Gasteiger partial charge < -0.3 is 20.1 Å². The minimum atomic E-state index is 0. The summed E-state index contributed by atoms with van der Waals surface area (Å²) in [5, 5.41) is 7.96. The first-order chi connectivity index (χ1) is 13.6. The Morgan fingerprint density at radius 2 is 1.86 bits per heavy atom. The Labute approximate surface area is 195 Å². The molecule has 0 spiro atoms. The SMILES string of the molecule is CCOCCCNC(=NCc1ccc(OC)cc1)NCCc1sc(C)nc1C.I. The van der Waals surface area contributed by atoms with Crippen LogP contribution in [-0.2, 0) is 17.7 Å². The second-order valence-electron chi connectivity index (χ2n) is 6.41. The molecule has 0 aliphatic rings. The van der Waals surface area contributed by atoms with Gasteiger partial charge in [-0.25, -0.2) is 9.98 Å². The standard InChI is InChI=1S/C21H32N4O2S.HI/c1-5-27-14-6-12-22-21(23-13-11-20-16(2)25-17(3)28-20)24-15-18-7-9-19(26-4)10-8-18;/h7-10H,5-6,11-15H2,1-4H3,(H2,22,23,24);1H. The predicted molar refractivity (Wildman–Crippen MR) is 132 cm³/mol. The average molecular weight is 532 g/mol. The maximum atomic E-state index is 5.40. The van der Waals surface area contributed by atoms with Crippen molar-refractivity contribution < 1.29 is 9.47 Å². The molecule has 2 aromatic rings. The second-order valence-corrected chi connectivity index (χ2v) is 7.70. The minimum Gasteiger partial charge on any atom is -0.497 e. The Balaban J connectivity index is 0.00000420. The van der Waals surface area contributed by atoms with Crippen LogP contribution in [0.25, 0.3) is 0 Å². The molecular weight excluding hydrogens is 499 g/mol. The zero-order valence-corrected chi connectivity index (χ0v) is 20.9. The van der Waals surface area contributed by atoms with E-state index in [1.165, 1.54) is 4.88 Å². The van der Waals surface area contributed by atoms with Crippen LogP contribution in [0.5, 0.6) is 5.75 Å². The number of methoxy groups -OCH3 is 1. The Morgan fingerprint density at radius 3 is 2.48 bits per heavy atom. The van der Waals surface area contributed by atoms with E-state index in [2.05, 4.69) is 29.5 Å². The molecule has 0 saturated carbocycles. The van der Waals surface area contributed by atoms with Crippen LogP contribution < -0.4 is 15.4 Å². The van der Waals surface area contributed by atoms with Crippen LogP contribution in [0.2, 0.25) is 0 Å². The van der Waals surface area contributed by atoms with Crippen molar-refractivity contribution in [1.82, 2.24) is 15.6 Å². The van der Waals surface area contributed by atoms with Gasteiger partial charge >= 0.3 is 0 Å². The monoisotopic (exact) mass is 532 g/mol. The van der Waals surface area contributed by atoms with Gasteiger partial charge in [0.2, 0.25) is 0 Å². The Morgan fingerprint density at radius 1 is 1.14 bits per heavy atom. The van der Waals surface area contributed by atoms with Crippen molar-refractivity contribution in [3.63, 3.8) is 0 Å². The molecule has 2 rings (SSSR count). The zero-order chi connectivity index (χ0) is 20.2. The Hall–Kier alpha value is -1.39. The van der Waals surface area contributed by atoms with E-state index in [0.29, 0.717) is 6.54 Å². The highest BCUT2D eigenvalue weighted by molar-refractivity contribution is 14.0. The molecule has 0 aliphatic heterocycles. The molecule has 162 valence electrons. The van der Waals surface area contributed by atoms with Crippen LogP contribution in [0, 0.1) is 13.8 Å². The Kier molecular flexibility index (Phi) is 12.9. The fraction of sp³-hybridized carbons (Fsp3) is 0.524. The molecule has 0 radical (unpaired) electrons. The summed E-state index contributed by atoms with van der Waals surface area (Å²) in [4.78, 5) is 10.6. The predicted octanol–water partition coefficient (Wildman–Crippen LogP) is 4.09. The zero-order valence-electron chi connectivity index (χ0n) is 17.8. The van der Waals surface area contributed by atoms with Gasteiger partial charge in [0.1, 0.15) is 5.75 Å². The fourth-order valence-electron chi connectivity index (χ4n) is 2.70. The molecule has 1 aromatic carbocycles. The molecule has 1 aromatic heterocycles. The van der Waals surface area contributed by atoms with Crippen molar-refractivity contribution in [3.8, 4) is 5.75 Å². The summed E-state index contributed by atoms with van der Waals surface area (Å²) in [5.74, 6) is 1.68. The normalized spacial score (nSPS) is 11.1. The minimum absolute atomic E-state index is 0.